The van der Waals surface area contributed by atoms with Gasteiger partial charge in [0.15, 0.2) is 17.8 Å². The van der Waals surface area contributed by atoms with E-state index in [1.807, 2.05) is 30.3 Å². The van der Waals surface area contributed by atoms with Crippen molar-refractivity contribution in [3.8, 4) is 11.3 Å². The van der Waals surface area contributed by atoms with Crippen LogP contribution in [-0.2, 0) is 9.53 Å². The summed E-state index contributed by atoms with van der Waals surface area (Å²) in [5.41, 5.74) is 1.13. The number of carbonyl (C=O) groups is 2. The van der Waals surface area contributed by atoms with Gasteiger partial charge in [-0.1, -0.05) is 30.3 Å². The zero-order valence-electron chi connectivity index (χ0n) is 13.6. The molecule has 1 aliphatic heterocycles. The molecule has 24 heavy (non-hydrogen) atoms. The first kappa shape index (κ1) is 16.2. The molecule has 1 fully saturated rings. The number of hydrogen-bond acceptors (Lipinski definition) is 5. The first-order chi connectivity index (χ1) is 11.7. The van der Waals surface area contributed by atoms with E-state index in [0.717, 1.165) is 5.56 Å². The van der Waals surface area contributed by atoms with E-state index >= 15 is 0 Å². The number of amides is 1. The normalized spacial score (nSPS) is 15.3. The summed E-state index contributed by atoms with van der Waals surface area (Å²) < 4.78 is 10.5. The molecule has 2 aromatic rings. The molecule has 6 nitrogen and oxygen atoms in total. The summed E-state index contributed by atoms with van der Waals surface area (Å²) in [6.07, 6.45) is 2.52. The van der Waals surface area contributed by atoms with Crippen LogP contribution in [0.1, 0.15) is 30.3 Å². The van der Waals surface area contributed by atoms with Gasteiger partial charge in [0.25, 0.3) is 5.91 Å². The van der Waals surface area contributed by atoms with Gasteiger partial charge in [0.1, 0.15) is 0 Å². The molecule has 1 aliphatic rings. The highest BCUT2D eigenvalue weighted by molar-refractivity contribution is 5.97. The number of hydrogen-bond donors (Lipinski definition) is 0. The molecule has 6 heteroatoms. The van der Waals surface area contributed by atoms with Gasteiger partial charge in [-0.2, -0.15) is 0 Å². The molecule has 0 saturated carbocycles. The predicted molar refractivity (Wildman–Crippen MR) is 87.2 cm³/mol. The number of benzene rings is 1. The number of rotatable bonds is 4. The largest absolute Gasteiger partial charge is 0.466 e. The fourth-order valence-corrected chi connectivity index (χ4v) is 2.92. The third-order valence-corrected chi connectivity index (χ3v) is 4.21. The molecule has 1 saturated heterocycles. The highest BCUT2D eigenvalue weighted by Crippen LogP contribution is 2.26. The van der Waals surface area contributed by atoms with Gasteiger partial charge in [-0.15, -0.1) is 0 Å². The predicted octanol–water partition coefficient (Wildman–Crippen LogP) is 2.76. The van der Waals surface area contributed by atoms with E-state index in [0.29, 0.717) is 44.0 Å². The first-order valence-corrected chi connectivity index (χ1v) is 8.15. The molecule has 1 aromatic carbocycles. The van der Waals surface area contributed by atoms with E-state index in [1.54, 1.807) is 11.8 Å². The van der Waals surface area contributed by atoms with Crippen LogP contribution in [0.5, 0.6) is 0 Å². The number of piperidine rings is 1. The Morgan fingerprint density at radius 3 is 2.62 bits per heavy atom. The van der Waals surface area contributed by atoms with Gasteiger partial charge in [0.2, 0.25) is 0 Å². The molecule has 0 spiro atoms. The van der Waals surface area contributed by atoms with Crippen LogP contribution in [0.25, 0.3) is 11.3 Å². The lowest BCUT2D eigenvalue weighted by Gasteiger charge is -2.30. The zero-order chi connectivity index (χ0) is 16.9. The second kappa shape index (κ2) is 7.29. The van der Waals surface area contributed by atoms with E-state index in [4.69, 9.17) is 9.15 Å². The molecular formula is C18H20N2O4. The summed E-state index contributed by atoms with van der Waals surface area (Å²) in [5.74, 6) is 0.0222. The van der Waals surface area contributed by atoms with E-state index in [1.165, 1.54) is 6.39 Å². The average Bonchev–Trinajstić information content (AvgIpc) is 3.12. The van der Waals surface area contributed by atoms with Crippen LogP contribution in [0.4, 0.5) is 0 Å². The lowest BCUT2D eigenvalue weighted by Crippen LogP contribution is -2.41. The van der Waals surface area contributed by atoms with Crippen molar-refractivity contribution in [2.75, 3.05) is 19.7 Å². The molecule has 3 rings (SSSR count). The molecule has 0 unspecified atom stereocenters. The highest BCUT2D eigenvalue weighted by Gasteiger charge is 2.31. The van der Waals surface area contributed by atoms with E-state index in [2.05, 4.69) is 4.98 Å². The van der Waals surface area contributed by atoms with E-state index in [-0.39, 0.29) is 17.8 Å². The van der Waals surface area contributed by atoms with Gasteiger partial charge in [0, 0.05) is 18.7 Å². The molecule has 0 N–H and O–H groups in total. The van der Waals surface area contributed by atoms with Gasteiger partial charge in [0.05, 0.1) is 12.5 Å². The van der Waals surface area contributed by atoms with Gasteiger partial charge in [-0.05, 0) is 19.8 Å². The molecule has 2 heterocycles. The number of carbonyl (C=O) groups excluding carboxylic acids is 2. The summed E-state index contributed by atoms with van der Waals surface area (Å²) in [4.78, 5) is 30.4. The fourth-order valence-electron chi connectivity index (χ4n) is 2.92. The monoisotopic (exact) mass is 328 g/mol. The van der Waals surface area contributed by atoms with Gasteiger partial charge >= 0.3 is 5.97 Å². The SMILES string of the molecule is CCOC(=O)C1CCN(C(=O)c2ncoc2-c2ccccc2)CC1. The van der Waals surface area contributed by atoms with Crippen LogP contribution in [0.2, 0.25) is 0 Å². The van der Waals surface area contributed by atoms with Crippen molar-refractivity contribution in [2.45, 2.75) is 19.8 Å². The van der Waals surface area contributed by atoms with Crippen LogP contribution in [0, 0.1) is 5.92 Å². The van der Waals surface area contributed by atoms with Crippen LogP contribution in [0.15, 0.2) is 41.1 Å². The summed E-state index contributed by atoms with van der Waals surface area (Å²) >= 11 is 0. The number of esters is 1. The Balaban J connectivity index is 1.69. The maximum absolute atomic E-state index is 12.7. The molecule has 1 amide bonds. The summed E-state index contributed by atoms with van der Waals surface area (Å²) in [7, 11) is 0. The van der Waals surface area contributed by atoms with Gasteiger partial charge < -0.3 is 14.1 Å². The Morgan fingerprint density at radius 2 is 1.96 bits per heavy atom. The Morgan fingerprint density at radius 1 is 1.25 bits per heavy atom. The fraction of sp³-hybridized carbons (Fsp3) is 0.389. The maximum Gasteiger partial charge on any atom is 0.309 e. The second-order valence-corrected chi connectivity index (χ2v) is 5.71. The minimum atomic E-state index is -0.170. The van der Waals surface area contributed by atoms with Crippen LogP contribution in [0.3, 0.4) is 0 Å². The minimum Gasteiger partial charge on any atom is -0.466 e. The number of nitrogens with zero attached hydrogens (tertiary/aromatic N) is 2. The van der Waals surface area contributed by atoms with Crippen molar-refractivity contribution in [3.05, 3.63) is 42.4 Å². The Hall–Kier alpha value is -2.63. The lowest BCUT2D eigenvalue weighted by atomic mass is 9.96. The van der Waals surface area contributed by atoms with Crippen molar-refractivity contribution < 1.29 is 18.7 Å². The first-order valence-electron chi connectivity index (χ1n) is 8.15. The summed E-state index contributed by atoms with van der Waals surface area (Å²) in [6.45, 7) is 3.22. The lowest BCUT2D eigenvalue weighted by molar-refractivity contribution is -0.149. The number of oxazole rings is 1. The smallest absolute Gasteiger partial charge is 0.309 e. The Kier molecular flexibility index (Phi) is 4.93. The molecule has 0 aliphatic carbocycles. The van der Waals surface area contributed by atoms with Crippen molar-refractivity contribution >= 4 is 11.9 Å². The quantitative estimate of drug-likeness (QED) is 0.807. The highest BCUT2D eigenvalue weighted by atomic mass is 16.5. The Labute approximate surface area is 140 Å². The summed E-state index contributed by atoms with van der Waals surface area (Å²) in [5, 5.41) is 0. The van der Waals surface area contributed by atoms with Gasteiger partial charge in [-0.25, -0.2) is 4.98 Å². The van der Waals surface area contributed by atoms with Crippen LogP contribution < -0.4 is 0 Å². The summed E-state index contributed by atoms with van der Waals surface area (Å²) in [6, 6.07) is 9.43. The number of likely N-dealkylation sites (tertiary alicyclic amines) is 1. The molecule has 0 bridgehead atoms. The molecule has 0 atom stereocenters. The second-order valence-electron chi connectivity index (χ2n) is 5.71. The zero-order valence-corrected chi connectivity index (χ0v) is 13.6. The standard InChI is InChI=1S/C18H20N2O4/c1-2-23-18(22)14-8-10-20(11-9-14)17(21)15-16(24-12-19-15)13-6-4-3-5-7-13/h3-7,12,14H,2,8-11H2,1H3. The maximum atomic E-state index is 12.7. The van der Waals surface area contributed by atoms with Crippen LogP contribution in [-0.4, -0.2) is 41.5 Å². The molecule has 1 aromatic heterocycles. The third-order valence-electron chi connectivity index (χ3n) is 4.21. The Bertz CT molecular complexity index is 703. The van der Waals surface area contributed by atoms with Crippen LogP contribution >= 0.6 is 0 Å². The molecular weight excluding hydrogens is 308 g/mol. The average molecular weight is 328 g/mol. The van der Waals surface area contributed by atoms with Crippen molar-refractivity contribution in [2.24, 2.45) is 5.92 Å². The minimum absolute atomic E-state index is 0.125. The van der Waals surface area contributed by atoms with E-state index < -0.39 is 0 Å². The van der Waals surface area contributed by atoms with Crippen molar-refractivity contribution in [1.29, 1.82) is 0 Å². The van der Waals surface area contributed by atoms with Crippen molar-refractivity contribution in [1.82, 2.24) is 9.88 Å². The van der Waals surface area contributed by atoms with Gasteiger partial charge in [-0.3, -0.25) is 9.59 Å². The molecule has 126 valence electrons. The third kappa shape index (κ3) is 3.32. The van der Waals surface area contributed by atoms with Crippen molar-refractivity contribution in [3.63, 3.8) is 0 Å². The number of ether oxygens (including phenoxy) is 1. The topological polar surface area (TPSA) is 72.6 Å². The van der Waals surface area contributed by atoms with E-state index in [9.17, 15) is 9.59 Å². The molecule has 0 radical (unpaired) electrons. The number of aromatic nitrogens is 1.